The Morgan fingerprint density at radius 3 is 2.65 bits per heavy atom. The highest BCUT2D eigenvalue weighted by Gasteiger charge is 2.15. The van der Waals surface area contributed by atoms with E-state index in [1.807, 2.05) is 25.1 Å². The summed E-state index contributed by atoms with van der Waals surface area (Å²) in [7, 11) is 0. The van der Waals surface area contributed by atoms with Gasteiger partial charge in [-0.25, -0.2) is 0 Å². The highest BCUT2D eigenvalue weighted by Crippen LogP contribution is 2.17. The average Bonchev–Trinajstić information content (AvgIpc) is 2.57. The highest BCUT2D eigenvalue weighted by molar-refractivity contribution is 5.94. The van der Waals surface area contributed by atoms with Crippen molar-refractivity contribution in [3.05, 3.63) is 70.3 Å². The fraction of sp³-hybridized carbons (Fsp3) is 0.350. The lowest BCUT2D eigenvalue weighted by Gasteiger charge is -2.28. The predicted octanol–water partition coefficient (Wildman–Crippen LogP) is 3.09. The molecule has 0 fully saturated rings. The molecule has 0 aliphatic carbocycles. The molecule has 1 amide bonds. The molecule has 0 saturated carbocycles. The Morgan fingerprint density at radius 2 is 1.87 bits per heavy atom. The number of rotatable bonds is 4. The molecule has 0 unspecified atom stereocenters. The predicted molar refractivity (Wildman–Crippen MR) is 93.7 cm³/mol. The molecule has 2 aromatic carbocycles. The fourth-order valence-electron chi connectivity index (χ4n) is 3.06. The minimum atomic E-state index is 0.0190. The zero-order chi connectivity index (χ0) is 16.2. The summed E-state index contributed by atoms with van der Waals surface area (Å²) < 4.78 is 0. The van der Waals surface area contributed by atoms with Crippen LogP contribution in [0.4, 0.5) is 0 Å². The van der Waals surface area contributed by atoms with Crippen LogP contribution in [0.5, 0.6) is 0 Å². The van der Waals surface area contributed by atoms with Crippen LogP contribution in [0.3, 0.4) is 0 Å². The molecule has 23 heavy (non-hydrogen) atoms. The molecule has 0 saturated heterocycles. The van der Waals surface area contributed by atoms with Gasteiger partial charge in [-0.05, 0) is 54.7 Å². The van der Waals surface area contributed by atoms with Crippen LogP contribution < -0.4 is 5.32 Å². The van der Waals surface area contributed by atoms with Gasteiger partial charge in [0.25, 0.3) is 5.91 Å². The Morgan fingerprint density at radius 1 is 1.09 bits per heavy atom. The zero-order valence-electron chi connectivity index (χ0n) is 13.9. The molecule has 0 aromatic heterocycles. The maximum Gasteiger partial charge on any atom is 0.251 e. The van der Waals surface area contributed by atoms with Crippen molar-refractivity contribution in [2.75, 3.05) is 19.6 Å². The molecule has 1 heterocycles. The summed E-state index contributed by atoms with van der Waals surface area (Å²) in [4.78, 5) is 14.6. The molecule has 3 rings (SSSR count). The molecule has 2 aromatic rings. The molecule has 3 nitrogen and oxygen atoms in total. The summed E-state index contributed by atoms with van der Waals surface area (Å²) in [5.41, 5.74) is 6.00. The minimum absolute atomic E-state index is 0.0190. The summed E-state index contributed by atoms with van der Waals surface area (Å²) >= 11 is 0. The molecule has 0 atom stereocenters. The largest absolute Gasteiger partial charge is 0.351 e. The number of hydrogen-bond acceptors (Lipinski definition) is 2. The first-order valence-corrected chi connectivity index (χ1v) is 8.28. The smallest absolute Gasteiger partial charge is 0.251 e. The number of carbonyl (C=O) groups excluding carboxylic acids is 1. The van der Waals surface area contributed by atoms with E-state index in [9.17, 15) is 4.79 Å². The van der Waals surface area contributed by atoms with E-state index in [0.717, 1.165) is 37.2 Å². The summed E-state index contributed by atoms with van der Waals surface area (Å²) in [6.45, 7) is 7.73. The lowest BCUT2D eigenvalue weighted by Crippen LogP contribution is -2.37. The van der Waals surface area contributed by atoms with Crippen LogP contribution in [0.25, 0.3) is 0 Å². The van der Waals surface area contributed by atoms with Crippen molar-refractivity contribution in [1.29, 1.82) is 0 Å². The van der Waals surface area contributed by atoms with Gasteiger partial charge in [0.15, 0.2) is 0 Å². The van der Waals surface area contributed by atoms with Crippen LogP contribution >= 0.6 is 0 Å². The van der Waals surface area contributed by atoms with Crippen molar-refractivity contribution < 1.29 is 4.79 Å². The number of aryl methyl sites for hydroxylation is 2. The second-order valence-corrected chi connectivity index (χ2v) is 6.35. The van der Waals surface area contributed by atoms with Crippen LogP contribution in [0.15, 0.2) is 42.5 Å². The molecule has 1 aliphatic rings. The van der Waals surface area contributed by atoms with Gasteiger partial charge >= 0.3 is 0 Å². The van der Waals surface area contributed by atoms with Crippen LogP contribution in [0.2, 0.25) is 0 Å². The maximum atomic E-state index is 12.2. The van der Waals surface area contributed by atoms with Gasteiger partial charge in [-0.2, -0.15) is 0 Å². The van der Waals surface area contributed by atoms with Gasteiger partial charge in [0, 0.05) is 31.7 Å². The summed E-state index contributed by atoms with van der Waals surface area (Å²) in [6, 6.07) is 14.5. The third-order valence-electron chi connectivity index (χ3n) is 4.69. The molecule has 0 bridgehead atoms. The third kappa shape index (κ3) is 3.80. The standard InChI is InChI=1S/C20H24N2O/c1-15-7-8-18(13-16(15)2)20(23)21-10-12-22-11-9-17-5-3-4-6-19(17)14-22/h3-8,13H,9-12,14H2,1-2H3,(H,21,23). The Balaban J connectivity index is 1.50. The molecule has 120 valence electrons. The number of carbonyl (C=O) groups is 1. The summed E-state index contributed by atoms with van der Waals surface area (Å²) in [6.07, 6.45) is 1.10. The van der Waals surface area contributed by atoms with Gasteiger partial charge in [-0.3, -0.25) is 9.69 Å². The lowest BCUT2D eigenvalue weighted by molar-refractivity contribution is 0.0947. The third-order valence-corrected chi connectivity index (χ3v) is 4.69. The second kappa shape index (κ2) is 6.97. The second-order valence-electron chi connectivity index (χ2n) is 6.35. The molecule has 0 spiro atoms. The average molecular weight is 308 g/mol. The Kier molecular flexibility index (Phi) is 4.77. The van der Waals surface area contributed by atoms with E-state index in [2.05, 4.69) is 41.4 Å². The normalized spacial score (nSPS) is 14.3. The van der Waals surface area contributed by atoms with Gasteiger partial charge in [-0.15, -0.1) is 0 Å². The maximum absolute atomic E-state index is 12.2. The quantitative estimate of drug-likeness (QED) is 0.941. The van der Waals surface area contributed by atoms with E-state index in [0.29, 0.717) is 6.54 Å². The number of nitrogens with zero attached hydrogens (tertiary/aromatic N) is 1. The molecular weight excluding hydrogens is 284 g/mol. The van der Waals surface area contributed by atoms with Gasteiger partial charge in [0.2, 0.25) is 0 Å². The summed E-state index contributed by atoms with van der Waals surface area (Å²) in [5.74, 6) is 0.0190. The Labute approximate surface area is 138 Å². The lowest BCUT2D eigenvalue weighted by atomic mass is 10.00. The number of benzene rings is 2. The van der Waals surface area contributed by atoms with Crippen LogP contribution in [0, 0.1) is 13.8 Å². The van der Waals surface area contributed by atoms with Crippen molar-refractivity contribution >= 4 is 5.91 Å². The molecular formula is C20H24N2O. The SMILES string of the molecule is Cc1ccc(C(=O)NCCN2CCc3ccccc3C2)cc1C. The van der Waals surface area contributed by atoms with E-state index in [1.165, 1.54) is 16.7 Å². The minimum Gasteiger partial charge on any atom is -0.351 e. The molecule has 1 aliphatic heterocycles. The topological polar surface area (TPSA) is 32.3 Å². The van der Waals surface area contributed by atoms with Gasteiger partial charge < -0.3 is 5.32 Å². The van der Waals surface area contributed by atoms with Gasteiger partial charge in [0.1, 0.15) is 0 Å². The van der Waals surface area contributed by atoms with Gasteiger partial charge in [-0.1, -0.05) is 30.3 Å². The highest BCUT2D eigenvalue weighted by atomic mass is 16.1. The van der Waals surface area contributed by atoms with Crippen molar-refractivity contribution in [1.82, 2.24) is 10.2 Å². The van der Waals surface area contributed by atoms with E-state index < -0.39 is 0 Å². The number of amides is 1. The van der Waals surface area contributed by atoms with Crippen molar-refractivity contribution in [3.63, 3.8) is 0 Å². The van der Waals surface area contributed by atoms with E-state index >= 15 is 0 Å². The Bertz CT molecular complexity index is 709. The monoisotopic (exact) mass is 308 g/mol. The van der Waals surface area contributed by atoms with E-state index in [1.54, 1.807) is 0 Å². The van der Waals surface area contributed by atoms with E-state index in [4.69, 9.17) is 0 Å². The number of nitrogens with one attached hydrogen (secondary N) is 1. The van der Waals surface area contributed by atoms with Crippen LogP contribution in [0.1, 0.15) is 32.6 Å². The van der Waals surface area contributed by atoms with Crippen molar-refractivity contribution in [2.45, 2.75) is 26.8 Å². The first kappa shape index (κ1) is 15.8. The van der Waals surface area contributed by atoms with E-state index in [-0.39, 0.29) is 5.91 Å². The molecule has 0 radical (unpaired) electrons. The number of hydrogen-bond donors (Lipinski definition) is 1. The summed E-state index contributed by atoms with van der Waals surface area (Å²) in [5, 5.41) is 3.04. The van der Waals surface area contributed by atoms with Gasteiger partial charge in [0.05, 0.1) is 0 Å². The fourth-order valence-corrected chi connectivity index (χ4v) is 3.06. The molecule has 1 N–H and O–H groups in total. The van der Waals surface area contributed by atoms with Crippen molar-refractivity contribution in [2.24, 2.45) is 0 Å². The van der Waals surface area contributed by atoms with Crippen molar-refractivity contribution in [3.8, 4) is 0 Å². The Hall–Kier alpha value is -2.13. The zero-order valence-corrected chi connectivity index (χ0v) is 13.9. The first-order chi connectivity index (χ1) is 11.1. The first-order valence-electron chi connectivity index (χ1n) is 8.28. The number of fused-ring (bicyclic) bond motifs is 1. The van der Waals surface area contributed by atoms with Crippen LogP contribution in [-0.4, -0.2) is 30.4 Å². The van der Waals surface area contributed by atoms with Crippen LogP contribution in [-0.2, 0) is 13.0 Å². The molecule has 3 heteroatoms.